The number of piperidine rings is 1. The second kappa shape index (κ2) is 7.93. The van der Waals surface area contributed by atoms with Crippen molar-refractivity contribution in [1.82, 2.24) is 10.2 Å². The van der Waals surface area contributed by atoms with Gasteiger partial charge in [-0.15, -0.1) is 0 Å². The fraction of sp³-hybridized carbons (Fsp3) is 0.579. The molecule has 0 spiro atoms. The van der Waals surface area contributed by atoms with Crippen LogP contribution in [-0.4, -0.2) is 35.8 Å². The normalized spacial score (nSPS) is 19.7. The van der Waals surface area contributed by atoms with E-state index in [2.05, 4.69) is 5.32 Å². The summed E-state index contributed by atoms with van der Waals surface area (Å²) in [6.45, 7) is 1.01. The highest BCUT2D eigenvalue weighted by Gasteiger charge is 2.27. The monoisotopic (exact) mass is 350 g/mol. The smallest absolute Gasteiger partial charge is 0.253 e. The Hall–Kier alpha value is -1.98. The van der Waals surface area contributed by atoms with Gasteiger partial charge in [0.15, 0.2) is 11.6 Å². The molecule has 1 saturated heterocycles. The van der Waals surface area contributed by atoms with E-state index in [-0.39, 0.29) is 29.3 Å². The number of carbonyl (C=O) groups is 2. The van der Waals surface area contributed by atoms with Gasteiger partial charge in [0.1, 0.15) is 0 Å². The molecule has 3 rings (SSSR count). The molecule has 25 heavy (non-hydrogen) atoms. The van der Waals surface area contributed by atoms with E-state index in [1.54, 1.807) is 4.90 Å². The van der Waals surface area contributed by atoms with Gasteiger partial charge in [-0.3, -0.25) is 9.59 Å². The third-order valence-electron chi connectivity index (χ3n) is 5.27. The summed E-state index contributed by atoms with van der Waals surface area (Å²) in [4.78, 5) is 26.3. The lowest BCUT2D eigenvalue weighted by Crippen LogP contribution is -2.48. The summed E-state index contributed by atoms with van der Waals surface area (Å²) in [6.07, 6.45) is 6.78. The number of halogens is 2. The van der Waals surface area contributed by atoms with Crippen LogP contribution in [0.4, 0.5) is 8.78 Å². The average molecular weight is 350 g/mol. The molecule has 0 aromatic heterocycles. The summed E-state index contributed by atoms with van der Waals surface area (Å²) >= 11 is 0. The van der Waals surface area contributed by atoms with E-state index < -0.39 is 11.6 Å². The largest absolute Gasteiger partial charge is 0.353 e. The predicted octanol–water partition coefficient (Wildman–Crippen LogP) is 3.27. The van der Waals surface area contributed by atoms with Crippen LogP contribution in [0.25, 0.3) is 0 Å². The molecule has 1 aromatic carbocycles. The fourth-order valence-electron chi connectivity index (χ4n) is 3.72. The molecular weight excluding hydrogens is 326 g/mol. The molecule has 0 radical (unpaired) electrons. The van der Waals surface area contributed by atoms with Crippen molar-refractivity contribution in [2.75, 3.05) is 13.1 Å². The lowest BCUT2D eigenvalue weighted by molar-refractivity contribution is -0.126. The molecule has 0 atom stereocenters. The van der Waals surface area contributed by atoms with Gasteiger partial charge in [-0.05, 0) is 43.9 Å². The van der Waals surface area contributed by atoms with E-state index in [1.165, 1.54) is 12.5 Å². The van der Waals surface area contributed by atoms with Gasteiger partial charge in [-0.1, -0.05) is 19.3 Å². The second-order valence-electron chi connectivity index (χ2n) is 7.04. The summed E-state index contributed by atoms with van der Waals surface area (Å²) in [7, 11) is 0. The number of hydrogen-bond donors (Lipinski definition) is 1. The van der Waals surface area contributed by atoms with Crippen molar-refractivity contribution in [2.45, 2.75) is 51.0 Å². The number of nitrogens with zero attached hydrogens (tertiary/aromatic N) is 1. The van der Waals surface area contributed by atoms with Gasteiger partial charge in [0, 0.05) is 30.6 Å². The Morgan fingerprint density at radius 2 is 1.64 bits per heavy atom. The number of hydrogen-bond acceptors (Lipinski definition) is 2. The zero-order chi connectivity index (χ0) is 17.8. The Morgan fingerprint density at radius 1 is 0.960 bits per heavy atom. The Bertz CT molecular complexity index is 636. The van der Waals surface area contributed by atoms with Crippen molar-refractivity contribution in [3.05, 3.63) is 35.4 Å². The van der Waals surface area contributed by atoms with E-state index in [0.29, 0.717) is 25.9 Å². The first-order chi connectivity index (χ1) is 12.0. The zero-order valence-corrected chi connectivity index (χ0v) is 14.3. The highest BCUT2D eigenvalue weighted by molar-refractivity contribution is 5.94. The molecular formula is C19H24F2N2O2. The summed E-state index contributed by atoms with van der Waals surface area (Å²) in [5, 5.41) is 3.12. The van der Waals surface area contributed by atoms with Gasteiger partial charge in [0.2, 0.25) is 5.91 Å². The molecule has 1 heterocycles. The van der Waals surface area contributed by atoms with Crippen molar-refractivity contribution >= 4 is 11.8 Å². The number of carbonyl (C=O) groups excluding carboxylic acids is 2. The van der Waals surface area contributed by atoms with Crippen LogP contribution in [0.1, 0.15) is 55.3 Å². The van der Waals surface area contributed by atoms with Crippen LogP contribution < -0.4 is 5.32 Å². The van der Waals surface area contributed by atoms with Crippen molar-refractivity contribution in [2.24, 2.45) is 5.92 Å². The topological polar surface area (TPSA) is 49.4 Å². The average Bonchev–Trinajstić information content (AvgIpc) is 2.65. The molecule has 1 aliphatic heterocycles. The van der Waals surface area contributed by atoms with Crippen LogP contribution in [0.2, 0.25) is 0 Å². The predicted molar refractivity (Wildman–Crippen MR) is 90.0 cm³/mol. The first kappa shape index (κ1) is 17.8. The van der Waals surface area contributed by atoms with Crippen molar-refractivity contribution in [3.63, 3.8) is 0 Å². The molecule has 4 nitrogen and oxygen atoms in total. The third-order valence-corrected chi connectivity index (χ3v) is 5.27. The van der Waals surface area contributed by atoms with Gasteiger partial charge in [-0.2, -0.15) is 0 Å². The van der Waals surface area contributed by atoms with E-state index in [9.17, 15) is 18.4 Å². The van der Waals surface area contributed by atoms with Crippen LogP contribution >= 0.6 is 0 Å². The maximum absolute atomic E-state index is 13.3. The highest BCUT2D eigenvalue weighted by atomic mass is 19.2. The number of nitrogens with one attached hydrogen (secondary N) is 1. The molecule has 1 N–H and O–H groups in total. The Kier molecular flexibility index (Phi) is 5.66. The number of rotatable bonds is 3. The number of benzene rings is 1. The highest BCUT2D eigenvalue weighted by Crippen LogP contribution is 2.24. The lowest BCUT2D eigenvalue weighted by atomic mass is 9.88. The third kappa shape index (κ3) is 4.35. The zero-order valence-electron chi connectivity index (χ0n) is 14.3. The van der Waals surface area contributed by atoms with E-state index in [0.717, 1.165) is 37.8 Å². The van der Waals surface area contributed by atoms with Gasteiger partial charge in [0.05, 0.1) is 0 Å². The first-order valence-corrected chi connectivity index (χ1v) is 9.09. The SMILES string of the molecule is O=C(NC1CCN(C(=O)c2ccc(F)c(F)c2)CC1)C1CCCCC1. The molecule has 1 saturated carbocycles. The van der Waals surface area contributed by atoms with Crippen LogP contribution in [0, 0.1) is 17.6 Å². The Morgan fingerprint density at radius 3 is 2.28 bits per heavy atom. The van der Waals surface area contributed by atoms with Crippen LogP contribution in [-0.2, 0) is 4.79 Å². The molecule has 2 fully saturated rings. The van der Waals surface area contributed by atoms with Crippen LogP contribution in [0.3, 0.4) is 0 Å². The van der Waals surface area contributed by atoms with Gasteiger partial charge < -0.3 is 10.2 Å². The van der Waals surface area contributed by atoms with Crippen LogP contribution in [0.15, 0.2) is 18.2 Å². The summed E-state index contributed by atoms with van der Waals surface area (Å²) in [5.74, 6) is -1.99. The standard InChI is InChI=1S/C19H24F2N2O2/c20-16-7-6-14(12-17(16)21)19(25)23-10-8-15(9-11-23)22-18(24)13-4-2-1-3-5-13/h6-7,12-13,15H,1-5,8-11H2,(H,22,24). The molecule has 1 aliphatic carbocycles. The molecule has 2 amide bonds. The minimum Gasteiger partial charge on any atom is -0.353 e. The lowest BCUT2D eigenvalue weighted by Gasteiger charge is -2.33. The maximum Gasteiger partial charge on any atom is 0.253 e. The molecule has 6 heteroatoms. The van der Waals surface area contributed by atoms with Crippen LogP contribution in [0.5, 0.6) is 0 Å². The molecule has 0 bridgehead atoms. The summed E-state index contributed by atoms with van der Waals surface area (Å²) in [5.41, 5.74) is 0.156. The van der Waals surface area contributed by atoms with E-state index in [4.69, 9.17) is 0 Å². The molecule has 136 valence electrons. The van der Waals surface area contributed by atoms with Crippen molar-refractivity contribution in [3.8, 4) is 0 Å². The summed E-state index contributed by atoms with van der Waals surface area (Å²) < 4.78 is 26.3. The minimum absolute atomic E-state index is 0.0865. The quantitative estimate of drug-likeness (QED) is 0.910. The van der Waals surface area contributed by atoms with Crippen molar-refractivity contribution < 1.29 is 18.4 Å². The second-order valence-corrected chi connectivity index (χ2v) is 7.04. The molecule has 2 aliphatic rings. The van der Waals surface area contributed by atoms with Gasteiger partial charge in [0.25, 0.3) is 5.91 Å². The number of amides is 2. The van der Waals surface area contributed by atoms with E-state index >= 15 is 0 Å². The van der Waals surface area contributed by atoms with Gasteiger partial charge in [-0.25, -0.2) is 8.78 Å². The maximum atomic E-state index is 13.3. The molecule has 0 unspecified atom stereocenters. The number of likely N-dealkylation sites (tertiary alicyclic amines) is 1. The first-order valence-electron chi connectivity index (χ1n) is 9.09. The minimum atomic E-state index is -1.01. The van der Waals surface area contributed by atoms with Gasteiger partial charge >= 0.3 is 0 Å². The van der Waals surface area contributed by atoms with Crippen molar-refractivity contribution in [1.29, 1.82) is 0 Å². The molecule has 1 aromatic rings. The Balaban J connectivity index is 1.50. The van der Waals surface area contributed by atoms with E-state index in [1.807, 2.05) is 0 Å². The fourth-order valence-corrected chi connectivity index (χ4v) is 3.72. The Labute approximate surface area is 146 Å². The summed E-state index contributed by atoms with van der Waals surface area (Å²) in [6, 6.07) is 3.30.